The Bertz CT molecular complexity index is 1200. The van der Waals surface area contributed by atoms with Crippen LogP contribution in [0.15, 0.2) is 58.3 Å². The van der Waals surface area contributed by atoms with Gasteiger partial charge in [0.1, 0.15) is 0 Å². The highest BCUT2D eigenvalue weighted by atomic mass is 32.2. The van der Waals surface area contributed by atoms with E-state index < -0.39 is 23.9 Å². The average molecular weight is 676 g/mol. The maximum atomic E-state index is 9.64. The lowest BCUT2D eigenvalue weighted by Crippen LogP contribution is -2.47. The molecule has 0 bridgehead atoms. The fraction of sp³-hybridized carbons (Fsp3) is 0.515. The van der Waals surface area contributed by atoms with Crippen molar-refractivity contribution in [3.63, 3.8) is 0 Å². The summed E-state index contributed by atoms with van der Waals surface area (Å²) in [6, 6.07) is 17.6. The van der Waals surface area contributed by atoms with Gasteiger partial charge in [0, 0.05) is 55.5 Å². The molecule has 0 saturated carbocycles. The number of carboxylic acid groups (broad SMARTS) is 4. The van der Waals surface area contributed by atoms with Gasteiger partial charge in [0.05, 0.1) is 50.3 Å². The third-order valence-electron chi connectivity index (χ3n) is 7.54. The van der Waals surface area contributed by atoms with E-state index >= 15 is 0 Å². The van der Waals surface area contributed by atoms with Crippen molar-refractivity contribution >= 4 is 47.0 Å². The number of fused-ring (bicyclic) bond motifs is 2. The molecule has 0 aromatic heterocycles. The molecule has 2 saturated heterocycles. The van der Waals surface area contributed by atoms with Gasteiger partial charge < -0.3 is 44.6 Å². The van der Waals surface area contributed by atoms with E-state index in [1.807, 2.05) is 11.8 Å². The maximum Gasteiger partial charge on any atom is 0.303 e. The van der Waals surface area contributed by atoms with E-state index in [0.717, 1.165) is 71.9 Å². The van der Waals surface area contributed by atoms with Gasteiger partial charge in [-0.25, -0.2) is 0 Å². The van der Waals surface area contributed by atoms with E-state index in [9.17, 15) is 19.2 Å². The Hall–Kier alpha value is -3.69. The first-order valence-corrected chi connectivity index (χ1v) is 16.6. The summed E-state index contributed by atoms with van der Waals surface area (Å²) in [4.78, 5) is 49.0. The third-order valence-corrected chi connectivity index (χ3v) is 8.67. The molecular weight excluding hydrogens is 630 g/mol. The lowest BCUT2D eigenvalue weighted by molar-refractivity contribution is -0.183. The van der Waals surface area contributed by atoms with Gasteiger partial charge in [-0.2, -0.15) is 0 Å². The first kappa shape index (κ1) is 37.8. The zero-order chi connectivity index (χ0) is 34.0. The van der Waals surface area contributed by atoms with E-state index in [0.29, 0.717) is 0 Å². The van der Waals surface area contributed by atoms with Crippen LogP contribution in [-0.2, 0) is 28.7 Å². The Balaban J connectivity index is 0.000000312. The van der Waals surface area contributed by atoms with Crippen LogP contribution in [0.3, 0.4) is 0 Å². The van der Waals surface area contributed by atoms with Gasteiger partial charge in [-0.1, -0.05) is 36.0 Å². The number of hydrogen-bond acceptors (Lipinski definition) is 10. The molecule has 3 aliphatic rings. The average Bonchev–Trinajstić information content (AvgIpc) is 3.07. The highest BCUT2D eigenvalue weighted by Crippen LogP contribution is 2.47. The van der Waals surface area contributed by atoms with E-state index in [4.69, 9.17) is 29.9 Å². The summed E-state index contributed by atoms with van der Waals surface area (Å²) >= 11 is 1.89. The van der Waals surface area contributed by atoms with E-state index in [2.05, 4.69) is 63.2 Å². The second-order valence-electron chi connectivity index (χ2n) is 11.1. The standard InChI is InChI=1S/C25H33N3O2S.2C4H6O4/c1-3-9-23-21(7-1)28(22-8-2-4-10-24(22)31-23)13-5-12-26-15-17-27(18-16-26)14-11-25-29-19-6-20-30-25;2*5-3(6)1-2-4(7)8/h1-4,7-10,25H,5-6,11-20H2;2*1-2H2,(H,5,6)(H,7,8). The van der Waals surface area contributed by atoms with Crippen molar-refractivity contribution in [3.05, 3.63) is 48.5 Å². The van der Waals surface area contributed by atoms with Gasteiger partial charge in [-0.15, -0.1) is 0 Å². The summed E-state index contributed by atoms with van der Waals surface area (Å²) in [7, 11) is 0. The molecule has 2 aromatic rings. The van der Waals surface area contributed by atoms with Crippen LogP contribution >= 0.6 is 11.8 Å². The highest BCUT2D eigenvalue weighted by molar-refractivity contribution is 7.99. The molecule has 3 heterocycles. The topological polar surface area (TPSA) is 177 Å². The van der Waals surface area contributed by atoms with Gasteiger partial charge in [0.2, 0.25) is 0 Å². The molecule has 4 N–H and O–H groups in total. The molecule has 0 atom stereocenters. The first-order chi connectivity index (χ1) is 22.6. The summed E-state index contributed by atoms with van der Waals surface area (Å²) in [6.07, 6.45) is 2.03. The molecular formula is C33H45N3O10S. The van der Waals surface area contributed by atoms with Crippen LogP contribution in [0.2, 0.25) is 0 Å². The van der Waals surface area contributed by atoms with Crippen molar-refractivity contribution < 1.29 is 49.1 Å². The SMILES string of the molecule is O=C(O)CCC(=O)O.O=C(O)CCC(=O)O.c1ccc2c(c1)Sc1ccccc1N2CCCN1CCN(CCC2OCCCO2)CC1. The van der Waals surface area contributed by atoms with E-state index in [-0.39, 0.29) is 32.0 Å². The minimum absolute atomic E-state index is 0.0141. The number of nitrogens with zero attached hydrogens (tertiary/aromatic N) is 3. The highest BCUT2D eigenvalue weighted by Gasteiger charge is 2.24. The molecule has 0 unspecified atom stereocenters. The molecule has 0 spiro atoms. The zero-order valence-electron chi connectivity index (χ0n) is 26.5. The molecule has 0 amide bonds. The van der Waals surface area contributed by atoms with Crippen LogP contribution < -0.4 is 4.90 Å². The van der Waals surface area contributed by atoms with Crippen LogP contribution in [-0.4, -0.2) is 119 Å². The summed E-state index contributed by atoms with van der Waals surface area (Å²) < 4.78 is 11.4. The van der Waals surface area contributed by atoms with Crippen LogP contribution in [0.1, 0.15) is 44.9 Å². The smallest absolute Gasteiger partial charge is 0.303 e. The number of carboxylic acids is 4. The number of piperazine rings is 1. The quantitative estimate of drug-likeness (QED) is 0.236. The molecule has 13 nitrogen and oxygen atoms in total. The van der Waals surface area contributed by atoms with Crippen LogP contribution in [0, 0.1) is 0 Å². The normalized spacial score (nSPS) is 16.4. The van der Waals surface area contributed by atoms with Crippen molar-refractivity contribution in [2.45, 2.75) is 61.0 Å². The number of carbonyl (C=O) groups is 4. The van der Waals surface area contributed by atoms with E-state index in [1.165, 1.54) is 27.6 Å². The minimum Gasteiger partial charge on any atom is -0.481 e. The molecule has 258 valence electrons. The largest absolute Gasteiger partial charge is 0.481 e. The monoisotopic (exact) mass is 675 g/mol. The first-order valence-electron chi connectivity index (χ1n) is 15.8. The van der Waals surface area contributed by atoms with Crippen molar-refractivity contribution in [1.82, 2.24) is 9.80 Å². The number of ether oxygens (including phenoxy) is 2. The molecule has 0 radical (unpaired) electrons. The van der Waals surface area contributed by atoms with Gasteiger partial charge in [0.15, 0.2) is 6.29 Å². The van der Waals surface area contributed by atoms with Crippen LogP contribution in [0.25, 0.3) is 0 Å². The number of anilines is 2. The van der Waals surface area contributed by atoms with Crippen LogP contribution in [0.4, 0.5) is 11.4 Å². The summed E-state index contributed by atoms with van der Waals surface area (Å²) in [5.41, 5.74) is 2.70. The summed E-state index contributed by atoms with van der Waals surface area (Å²) in [6.45, 7) is 9.63. The molecule has 0 aliphatic carbocycles. The lowest BCUT2D eigenvalue weighted by Gasteiger charge is -2.36. The third kappa shape index (κ3) is 14.3. The Morgan fingerprint density at radius 2 is 1.06 bits per heavy atom. The van der Waals surface area contributed by atoms with Gasteiger partial charge in [-0.05, 0) is 43.7 Å². The Morgan fingerprint density at radius 1 is 0.638 bits per heavy atom. The fourth-order valence-electron chi connectivity index (χ4n) is 5.13. The number of benzene rings is 2. The Labute approximate surface area is 279 Å². The Kier molecular flexibility index (Phi) is 16.5. The number of hydrogen-bond donors (Lipinski definition) is 4. The molecule has 2 aromatic carbocycles. The molecule has 2 fully saturated rings. The minimum atomic E-state index is -1.08. The molecule has 47 heavy (non-hydrogen) atoms. The van der Waals surface area contributed by atoms with Crippen molar-refractivity contribution in [2.24, 2.45) is 0 Å². The zero-order valence-corrected chi connectivity index (χ0v) is 27.3. The summed E-state index contributed by atoms with van der Waals surface area (Å²) in [5.74, 6) is -4.31. The molecule has 14 heteroatoms. The van der Waals surface area contributed by atoms with Crippen molar-refractivity contribution in [1.29, 1.82) is 0 Å². The number of rotatable bonds is 13. The predicted octanol–water partition coefficient (Wildman–Crippen LogP) is 4.32. The fourth-order valence-corrected chi connectivity index (χ4v) is 6.23. The van der Waals surface area contributed by atoms with Gasteiger partial charge >= 0.3 is 23.9 Å². The Morgan fingerprint density at radius 3 is 1.51 bits per heavy atom. The van der Waals surface area contributed by atoms with Crippen LogP contribution in [0.5, 0.6) is 0 Å². The van der Waals surface area contributed by atoms with E-state index in [1.54, 1.807) is 0 Å². The second kappa shape index (κ2) is 20.5. The summed E-state index contributed by atoms with van der Waals surface area (Å²) in [5, 5.41) is 31.6. The number of para-hydroxylation sites is 2. The van der Waals surface area contributed by atoms with Crippen molar-refractivity contribution in [2.75, 3.05) is 63.9 Å². The number of aliphatic carboxylic acids is 4. The predicted molar refractivity (Wildman–Crippen MR) is 175 cm³/mol. The molecule has 5 rings (SSSR count). The lowest BCUT2D eigenvalue weighted by atomic mass is 10.2. The van der Waals surface area contributed by atoms with Gasteiger partial charge in [0.25, 0.3) is 0 Å². The second-order valence-corrected chi connectivity index (χ2v) is 12.2. The van der Waals surface area contributed by atoms with Gasteiger partial charge in [-0.3, -0.25) is 19.2 Å². The van der Waals surface area contributed by atoms with Crippen molar-refractivity contribution in [3.8, 4) is 0 Å². The molecule has 3 aliphatic heterocycles. The maximum absolute atomic E-state index is 9.64.